The Morgan fingerprint density at radius 3 is 1.92 bits per heavy atom. The van der Waals surface area contributed by atoms with E-state index in [0.29, 0.717) is 5.01 Å². The monoisotopic (exact) mass is 332 g/mol. The number of carbonyl (C=O) groups is 2. The van der Waals surface area contributed by atoms with Gasteiger partial charge in [0.25, 0.3) is 11.8 Å². The SMILES string of the molecule is NN(C(=O)c1ccc(-c2ccccc2)cc1)C(=O)c1ccccc1O. The van der Waals surface area contributed by atoms with E-state index in [-0.39, 0.29) is 16.9 Å². The molecule has 0 aliphatic rings. The number of hydrazine groups is 1. The van der Waals surface area contributed by atoms with Crippen molar-refractivity contribution in [3.05, 3.63) is 90.0 Å². The molecule has 0 heterocycles. The topological polar surface area (TPSA) is 83.6 Å². The van der Waals surface area contributed by atoms with Gasteiger partial charge in [0, 0.05) is 5.56 Å². The van der Waals surface area contributed by atoms with Crippen LogP contribution in [0.15, 0.2) is 78.9 Å². The molecule has 0 radical (unpaired) electrons. The molecular formula is C20H16N2O3. The van der Waals surface area contributed by atoms with E-state index in [0.717, 1.165) is 11.1 Å². The minimum atomic E-state index is -0.768. The molecule has 5 heteroatoms. The Balaban J connectivity index is 1.81. The number of imide groups is 1. The Labute approximate surface area is 144 Å². The standard InChI is InChI=1S/C20H16N2O3/c21-22(20(25)17-8-4-5-9-18(17)23)19(24)16-12-10-15(11-13-16)14-6-2-1-3-7-14/h1-13,23H,21H2. The van der Waals surface area contributed by atoms with E-state index in [9.17, 15) is 14.7 Å². The molecule has 0 aliphatic carbocycles. The zero-order valence-electron chi connectivity index (χ0n) is 13.3. The molecule has 3 aromatic rings. The van der Waals surface area contributed by atoms with Crippen molar-refractivity contribution >= 4 is 11.8 Å². The minimum absolute atomic E-state index is 0.0285. The Kier molecular flexibility index (Phi) is 4.59. The van der Waals surface area contributed by atoms with Crippen molar-refractivity contribution in [2.45, 2.75) is 0 Å². The molecule has 3 rings (SSSR count). The van der Waals surface area contributed by atoms with Gasteiger partial charge in [-0.05, 0) is 35.4 Å². The number of amides is 2. The average Bonchev–Trinajstić information content (AvgIpc) is 2.67. The number of phenolic OH excluding ortho intramolecular Hbond substituents is 1. The second kappa shape index (κ2) is 6.98. The van der Waals surface area contributed by atoms with Gasteiger partial charge >= 0.3 is 0 Å². The van der Waals surface area contributed by atoms with Crippen LogP contribution in [0.4, 0.5) is 0 Å². The molecule has 0 saturated carbocycles. The fraction of sp³-hybridized carbons (Fsp3) is 0. The van der Waals surface area contributed by atoms with Gasteiger partial charge in [0.05, 0.1) is 5.56 Å². The largest absolute Gasteiger partial charge is 0.507 e. The minimum Gasteiger partial charge on any atom is -0.507 e. The van der Waals surface area contributed by atoms with Gasteiger partial charge in [-0.15, -0.1) is 0 Å². The summed E-state index contributed by atoms with van der Waals surface area (Å²) in [5.74, 6) is 4.03. The number of nitrogens with zero attached hydrogens (tertiary/aromatic N) is 1. The number of benzene rings is 3. The molecule has 0 spiro atoms. The molecule has 25 heavy (non-hydrogen) atoms. The van der Waals surface area contributed by atoms with E-state index in [1.807, 2.05) is 30.3 Å². The van der Waals surface area contributed by atoms with Crippen LogP contribution >= 0.6 is 0 Å². The van der Waals surface area contributed by atoms with Crippen LogP contribution < -0.4 is 5.84 Å². The van der Waals surface area contributed by atoms with Gasteiger partial charge in [-0.2, -0.15) is 0 Å². The van der Waals surface area contributed by atoms with Crippen LogP contribution in [-0.4, -0.2) is 21.9 Å². The molecule has 0 saturated heterocycles. The third-order valence-corrected chi connectivity index (χ3v) is 3.81. The predicted octanol–water partition coefficient (Wildman–Crippen LogP) is 3.22. The first-order valence-corrected chi connectivity index (χ1v) is 7.65. The Morgan fingerprint density at radius 1 is 0.720 bits per heavy atom. The molecule has 0 aliphatic heterocycles. The zero-order valence-corrected chi connectivity index (χ0v) is 13.3. The molecule has 0 atom stereocenters. The molecule has 0 unspecified atom stereocenters. The van der Waals surface area contributed by atoms with Crippen LogP contribution in [0.1, 0.15) is 20.7 Å². The fourth-order valence-corrected chi connectivity index (χ4v) is 2.45. The van der Waals surface area contributed by atoms with Gasteiger partial charge in [0.15, 0.2) is 0 Å². The van der Waals surface area contributed by atoms with E-state index >= 15 is 0 Å². The number of para-hydroxylation sites is 1. The fourth-order valence-electron chi connectivity index (χ4n) is 2.45. The molecule has 2 amide bonds. The molecule has 124 valence electrons. The molecule has 0 fully saturated rings. The summed E-state index contributed by atoms with van der Waals surface area (Å²) in [4.78, 5) is 24.7. The van der Waals surface area contributed by atoms with Crippen molar-refractivity contribution < 1.29 is 14.7 Å². The third-order valence-electron chi connectivity index (χ3n) is 3.81. The highest BCUT2D eigenvalue weighted by Gasteiger charge is 2.23. The molecule has 3 N–H and O–H groups in total. The Bertz CT molecular complexity index is 906. The number of carbonyl (C=O) groups excluding carboxylic acids is 2. The summed E-state index contributed by atoms with van der Waals surface area (Å²) in [5, 5.41) is 10.2. The normalized spacial score (nSPS) is 10.3. The van der Waals surface area contributed by atoms with Crippen molar-refractivity contribution in [3.8, 4) is 16.9 Å². The number of rotatable bonds is 3. The second-order valence-corrected chi connectivity index (χ2v) is 5.44. The third kappa shape index (κ3) is 3.41. The first-order chi connectivity index (χ1) is 12.1. The van der Waals surface area contributed by atoms with Crippen molar-refractivity contribution in [2.75, 3.05) is 0 Å². The summed E-state index contributed by atoms with van der Waals surface area (Å²) >= 11 is 0. The average molecular weight is 332 g/mol. The summed E-state index contributed by atoms with van der Waals surface area (Å²) in [5.41, 5.74) is 2.23. The van der Waals surface area contributed by atoms with Crippen LogP contribution in [0.2, 0.25) is 0 Å². The van der Waals surface area contributed by atoms with Gasteiger partial charge in [0.2, 0.25) is 0 Å². The van der Waals surface area contributed by atoms with Crippen molar-refractivity contribution in [3.63, 3.8) is 0 Å². The lowest BCUT2D eigenvalue weighted by Gasteiger charge is -2.15. The van der Waals surface area contributed by atoms with Crippen molar-refractivity contribution in [1.82, 2.24) is 5.01 Å². The number of phenols is 1. The van der Waals surface area contributed by atoms with Gasteiger partial charge < -0.3 is 5.11 Å². The van der Waals surface area contributed by atoms with Crippen molar-refractivity contribution in [1.29, 1.82) is 0 Å². The van der Waals surface area contributed by atoms with Gasteiger partial charge in [-0.25, -0.2) is 10.9 Å². The quantitative estimate of drug-likeness (QED) is 0.334. The summed E-state index contributed by atoms with van der Waals surface area (Å²) in [6.07, 6.45) is 0. The number of aromatic hydroxyl groups is 1. The highest BCUT2D eigenvalue weighted by Crippen LogP contribution is 2.21. The smallest absolute Gasteiger partial charge is 0.278 e. The van der Waals surface area contributed by atoms with Crippen molar-refractivity contribution in [2.24, 2.45) is 5.84 Å². The predicted molar refractivity (Wildman–Crippen MR) is 94.7 cm³/mol. The van der Waals surface area contributed by atoms with Gasteiger partial charge in [-0.3, -0.25) is 9.59 Å². The molecule has 3 aromatic carbocycles. The van der Waals surface area contributed by atoms with E-state index in [1.54, 1.807) is 36.4 Å². The molecule has 0 bridgehead atoms. The first-order valence-electron chi connectivity index (χ1n) is 7.65. The number of hydrogen-bond donors (Lipinski definition) is 2. The van der Waals surface area contributed by atoms with Crippen LogP contribution in [0, 0.1) is 0 Å². The second-order valence-electron chi connectivity index (χ2n) is 5.44. The Morgan fingerprint density at radius 2 is 1.28 bits per heavy atom. The maximum Gasteiger partial charge on any atom is 0.278 e. The van der Waals surface area contributed by atoms with Crippen LogP contribution in [0.25, 0.3) is 11.1 Å². The summed E-state index contributed by atoms with van der Waals surface area (Å²) in [6.45, 7) is 0. The van der Waals surface area contributed by atoms with E-state index in [4.69, 9.17) is 5.84 Å². The molecule has 5 nitrogen and oxygen atoms in total. The summed E-state index contributed by atoms with van der Waals surface area (Å²) in [6, 6.07) is 22.5. The van der Waals surface area contributed by atoms with E-state index in [2.05, 4.69) is 0 Å². The highest BCUT2D eigenvalue weighted by molar-refractivity contribution is 6.10. The lowest BCUT2D eigenvalue weighted by atomic mass is 10.0. The maximum absolute atomic E-state index is 12.4. The zero-order chi connectivity index (χ0) is 17.8. The van der Waals surface area contributed by atoms with Crippen LogP contribution in [0.3, 0.4) is 0 Å². The first kappa shape index (κ1) is 16.4. The van der Waals surface area contributed by atoms with E-state index < -0.39 is 11.8 Å². The van der Waals surface area contributed by atoms with Gasteiger partial charge in [0.1, 0.15) is 5.75 Å². The number of hydrogen-bond acceptors (Lipinski definition) is 4. The summed E-state index contributed by atoms with van der Waals surface area (Å²) in [7, 11) is 0. The highest BCUT2D eigenvalue weighted by atomic mass is 16.3. The van der Waals surface area contributed by atoms with Crippen LogP contribution in [0.5, 0.6) is 5.75 Å². The summed E-state index contributed by atoms with van der Waals surface area (Å²) < 4.78 is 0. The number of nitrogens with two attached hydrogens (primary N) is 1. The maximum atomic E-state index is 12.4. The van der Waals surface area contributed by atoms with Gasteiger partial charge in [-0.1, -0.05) is 54.6 Å². The lowest BCUT2D eigenvalue weighted by Crippen LogP contribution is -2.42. The van der Waals surface area contributed by atoms with Crippen LogP contribution in [-0.2, 0) is 0 Å². The lowest BCUT2D eigenvalue weighted by molar-refractivity contribution is 0.0614. The Hall–Kier alpha value is -3.44. The van der Waals surface area contributed by atoms with E-state index in [1.165, 1.54) is 12.1 Å². The molecule has 0 aromatic heterocycles. The molecular weight excluding hydrogens is 316 g/mol.